The molecule has 0 aromatic heterocycles. The molecule has 0 radical (unpaired) electrons. The Hall–Kier alpha value is -1.68. The fraction of sp³-hybridized carbons (Fsp3) is 0.526. The third-order valence-corrected chi connectivity index (χ3v) is 4.99. The first-order chi connectivity index (χ1) is 11.1. The molecule has 1 amide bonds. The molecule has 124 valence electrons. The number of hydrogen-bond donors (Lipinski definition) is 1. The van der Waals surface area contributed by atoms with E-state index in [2.05, 4.69) is 0 Å². The normalized spacial score (nSPS) is 23.3. The summed E-state index contributed by atoms with van der Waals surface area (Å²) < 4.78 is 14.2. The molecule has 3 nitrogen and oxygen atoms in total. The molecule has 1 N–H and O–H groups in total. The summed E-state index contributed by atoms with van der Waals surface area (Å²) >= 11 is 0. The fourth-order valence-corrected chi connectivity index (χ4v) is 3.57. The predicted octanol–water partition coefficient (Wildman–Crippen LogP) is 3.81. The van der Waals surface area contributed by atoms with Gasteiger partial charge >= 0.3 is 0 Å². The van der Waals surface area contributed by atoms with Crippen molar-refractivity contribution in [2.75, 3.05) is 6.61 Å². The Morgan fingerprint density at radius 1 is 1.30 bits per heavy atom. The van der Waals surface area contributed by atoms with Crippen LogP contribution in [0.25, 0.3) is 0 Å². The van der Waals surface area contributed by atoms with E-state index in [9.17, 15) is 9.18 Å². The highest BCUT2D eigenvalue weighted by Gasteiger charge is 2.34. The predicted molar refractivity (Wildman–Crippen MR) is 87.5 cm³/mol. The number of halogens is 1. The molecule has 1 saturated carbocycles. The van der Waals surface area contributed by atoms with Crippen LogP contribution in [0, 0.1) is 18.7 Å². The summed E-state index contributed by atoms with van der Waals surface area (Å²) in [6.45, 7) is 2.05. The average molecular weight is 317 g/mol. The van der Waals surface area contributed by atoms with Gasteiger partial charge in [0.05, 0.1) is 5.56 Å². The van der Waals surface area contributed by atoms with Gasteiger partial charge in [-0.25, -0.2) is 4.39 Å². The molecule has 0 unspecified atom stereocenters. The summed E-state index contributed by atoms with van der Waals surface area (Å²) in [4.78, 5) is 14.7. The largest absolute Gasteiger partial charge is 0.396 e. The van der Waals surface area contributed by atoms with Crippen molar-refractivity contribution in [1.29, 1.82) is 0 Å². The van der Waals surface area contributed by atoms with Crippen LogP contribution in [0.15, 0.2) is 30.0 Å². The number of hydrogen-bond acceptors (Lipinski definition) is 2. The van der Waals surface area contributed by atoms with Crippen LogP contribution >= 0.6 is 0 Å². The molecule has 2 aliphatic rings. The molecule has 0 spiro atoms. The van der Waals surface area contributed by atoms with E-state index >= 15 is 0 Å². The van der Waals surface area contributed by atoms with Crippen molar-refractivity contribution >= 4 is 5.91 Å². The van der Waals surface area contributed by atoms with Gasteiger partial charge in [-0.05, 0) is 62.6 Å². The SMILES string of the molecule is Cc1ccc(C(=O)N(C2=CC2)C2CCC(CCO)CC2)c(F)c1. The Morgan fingerprint density at radius 2 is 2.00 bits per heavy atom. The molecular formula is C19H24FNO2. The summed E-state index contributed by atoms with van der Waals surface area (Å²) in [5.41, 5.74) is 2.02. The molecule has 0 atom stereocenters. The molecule has 0 saturated heterocycles. The average Bonchev–Trinajstić information content (AvgIpc) is 3.34. The van der Waals surface area contributed by atoms with Gasteiger partial charge in [-0.3, -0.25) is 4.79 Å². The van der Waals surface area contributed by atoms with E-state index in [0.29, 0.717) is 5.92 Å². The van der Waals surface area contributed by atoms with E-state index in [4.69, 9.17) is 5.11 Å². The maximum atomic E-state index is 14.2. The second kappa shape index (κ2) is 6.83. The van der Waals surface area contributed by atoms with E-state index < -0.39 is 5.82 Å². The van der Waals surface area contributed by atoms with E-state index in [0.717, 1.165) is 49.8 Å². The van der Waals surface area contributed by atoms with Crippen molar-refractivity contribution in [3.63, 3.8) is 0 Å². The summed E-state index contributed by atoms with van der Waals surface area (Å²) in [5.74, 6) is -0.0930. The zero-order valence-corrected chi connectivity index (χ0v) is 13.6. The molecule has 2 aliphatic carbocycles. The van der Waals surface area contributed by atoms with Crippen molar-refractivity contribution in [2.45, 2.75) is 51.5 Å². The van der Waals surface area contributed by atoms with Gasteiger partial charge in [0.15, 0.2) is 0 Å². The number of amides is 1. The fourth-order valence-electron chi connectivity index (χ4n) is 3.57. The van der Waals surface area contributed by atoms with Gasteiger partial charge < -0.3 is 10.0 Å². The van der Waals surface area contributed by atoms with E-state index in [1.165, 1.54) is 6.07 Å². The highest BCUT2D eigenvalue weighted by Crippen LogP contribution is 2.36. The molecule has 1 fully saturated rings. The lowest BCUT2D eigenvalue weighted by molar-refractivity contribution is 0.0690. The van der Waals surface area contributed by atoms with Crippen molar-refractivity contribution in [2.24, 2.45) is 5.92 Å². The number of rotatable bonds is 5. The Bertz CT molecular complexity index is 618. The number of aliphatic hydroxyl groups excluding tert-OH is 1. The van der Waals surface area contributed by atoms with Gasteiger partial charge in [-0.2, -0.15) is 0 Å². The Balaban J connectivity index is 1.75. The molecule has 0 bridgehead atoms. The maximum Gasteiger partial charge on any atom is 0.261 e. The maximum absolute atomic E-state index is 14.2. The first kappa shape index (κ1) is 16.2. The van der Waals surface area contributed by atoms with E-state index in [-0.39, 0.29) is 24.1 Å². The number of aliphatic hydroxyl groups is 1. The van der Waals surface area contributed by atoms with Gasteiger partial charge in [0.2, 0.25) is 0 Å². The molecular weight excluding hydrogens is 293 g/mol. The zero-order chi connectivity index (χ0) is 16.4. The molecule has 3 rings (SSSR count). The third kappa shape index (κ3) is 3.63. The lowest BCUT2D eigenvalue weighted by Crippen LogP contribution is -2.40. The monoisotopic (exact) mass is 317 g/mol. The molecule has 0 heterocycles. The standard InChI is InChI=1S/C19H24FNO2/c1-13-2-9-17(18(20)12-13)19(23)21(16-7-8-16)15-5-3-14(4-6-15)10-11-22/h2,7,9,12,14-15,22H,3-6,8,10-11H2,1H3. The Labute approximate surface area is 136 Å². The Kier molecular flexibility index (Phi) is 4.81. The minimum Gasteiger partial charge on any atom is -0.396 e. The topological polar surface area (TPSA) is 40.5 Å². The van der Waals surface area contributed by atoms with Gasteiger partial charge in [0.25, 0.3) is 5.91 Å². The molecule has 23 heavy (non-hydrogen) atoms. The smallest absolute Gasteiger partial charge is 0.261 e. The van der Waals surface area contributed by atoms with Crippen LogP contribution < -0.4 is 0 Å². The van der Waals surface area contributed by atoms with Crippen molar-refractivity contribution in [3.8, 4) is 0 Å². The zero-order valence-electron chi connectivity index (χ0n) is 13.6. The number of aryl methyl sites for hydroxylation is 1. The van der Waals surface area contributed by atoms with E-state index in [1.807, 2.05) is 17.9 Å². The number of allylic oxidation sites excluding steroid dienone is 2. The van der Waals surface area contributed by atoms with Crippen molar-refractivity contribution in [1.82, 2.24) is 4.90 Å². The summed E-state index contributed by atoms with van der Waals surface area (Å²) in [6.07, 6.45) is 7.62. The van der Waals surface area contributed by atoms with Gasteiger partial charge in [-0.15, -0.1) is 0 Å². The van der Waals surface area contributed by atoms with Crippen LogP contribution in [0.2, 0.25) is 0 Å². The highest BCUT2D eigenvalue weighted by molar-refractivity contribution is 5.96. The highest BCUT2D eigenvalue weighted by atomic mass is 19.1. The summed E-state index contributed by atoms with van der Waals surface area (Å²) in [7, 11) is 0. The van der Waals surface area contributed by atoms with E-state index in [1.54, 1.807) is 12.1 Å². The Morgan fingerprint density at radius 3 is 2.57 bits per heavy atom. The van der Waals surface area contributed by atoms with Crippen LogP contribution in [-0.2, 0) is 0 Å². The lowest BCUT2D eigenvalue weighted by Gasteiger charge is -2.36. The first-order valence-corrected chi connectivity index (χ1v) is 8.49. The number of carbonyl (C=O) groups is 1. The van der Waals surface area contributed by atoms with Crippen molar-refractivity contribution in [3.05, 3.63) is 46.9 Å². The van der Waals surface area contributed by atoms with Crippen LogP contribution in [-0.4, -0.2) is 28.6 Å². The summed E-state index contributed by atoms with van der Waals surface area (Å²) in [5, 5.41) is 9.07. The summed E-state index contributed by atoms with van der Waals surface area (Å²) in [6, 6.07) is 4.96. The van der Waals surface area contributed by atoms with Crippen molar-refractivity contribution < 1.29 is 14.3 Å². The molecule has 1 aromatic carbocycles. The number of nitrogens with zero attached hydrogens (tertiary/aromatic N) is 1. The van der Waals surface area contributed by atoms with Crippen LogP contribution in [0.1, 0.15) is 54.4 Å². The number of benzene rings is 1. The van der Waals surface area contributed by atoms with Crippen LogP contribution in [0.3, 0.4) is 0 Å². The van der Waals surface area contributed by atoms with Gasteiger partial charge in [0.1, 0.15) is 5.82 Å². The third-order valence-electron chi connectivity index (χ3n) is 4.99. The molecule has 0 aliphatic heterocycles. The second-order valence-corrected chi connectivity index (χ2v) is 6.74. The van der Waals surface area contributed by atoms with Gasteiger partial charge in [0, 0.05) is 24.8 Å². The minimum absolute atomic E-state index is 0.159. The van der Waals surface area contributed by atoms with Gasteiger partial charge in [-0.1, -0.05) is 12.1 Å². The van der Waals surface area contributed by atoms with Crippen LogP contribution in [0.5, 0.6) is 0 Å². The lowest BCUT2D eigenvalue weighted by atomic mass is 9.83. The number of carbonyl (C=O) groups excluding carboxylic acids is 1. The quantitative estimate of drug-likeness (QED) is 0.897. The first-order valence-electron chi connectivity index (χ1n) is 8.49. The molecule has 1 aromatic rings. The minimum atomic E-state index is -0.435. The second-order valence-electron chi connectivity index (χ2n) is 6.74. The van der Waals surface area contributed by atoms with Crippen LogP contribution in [0.4, 0.5) is 4.39 Å². The molecule has 4 heteroatoms.